The van der Waals surface area contributed by atoms with E-state index in [4.69, 9.17) is 17.4 Å². The van der Waals surface area contributed by atoms with Crippen molar-refractivity contribution in [2.24, 2.45) is 15.4 Å². The average Bonchev–Trinajstić information content (AvgIpc) is 3.04. The number of azo groups is 1. The number of fused-ring (bicyclic) bond motifs is 1. The Morgan fingerprint density at radius 1 is 1.03 bits per heavy atom. The Morgan fingerprint density at radius 2 is 1.75 bits per heavy atom. The molecule has 0 bridgehead atoms. The first-order valence-electron chi connectivity index (χ1n) is 9.52. The van der Waals surface area contributed by atoms with Gasteiger partial charge in [-0.3, -0.25) is 0 Å². The van der Waals surface area contributed by atoms with Gasteiger partial charge in [0, 0.05) is 11.1 Å². The van der Waals surface area contributed by atoms with Crippen LogP contribution in [0.2, 0.25) is 0 Å². The number of primary sulfonamides is 1. The number of aromatic hydroxyl groups is 1. The van der Waals surface area contributed by atoms with E-state index in [1.165, 1.54) is 18.2 Å². The van der Waals surface area contributed by atoms with Gasteiger partial charge in [-0.25, -0.2) is 13.6 Å². The number of para-hydroxylation sites is 1. The lowest BCUT2D eigenvalue weighted by Crippen LogP contribution is -2.13. The molecule has 4 N–H and O–H groups in total. The van der Waals surface area contributed by atoms with Crippen LogP contribution in [0.25, 0.3) is 10.9 Å². The van der Waals surface area contributed by atoms with Crippen molar-refractivity contribution in [2.75, 3.05) is 5.32 Å². The third-order valence-electron chi connectivity index (χ3n) is 4.76. The molecular formula is C22H19N5O3S2. The highest BCUT2D eigenvalue weighted by Gasteiger charge is 2.17. The molecular weight excluding hydrogens is 446 g/mol. The number of nitrogens with zero attached hydrogens (tertiary/aromatic N) is 3. The van der Waals surface area contributed by atoms with Gasteiger partial charge in [-0.15, -0.1) is 10.2 Å². The molecule has 0 saturated carbocycles. The van der Waals surface area contributed by atoms with Crippen molar-refractivity contribution in [1.82, 2.24) is 4.57 Å². The molecule has 32 heavy (non-hydrogen) atoms. The normalized spacial score (nSPS) is 11.8. The fourth-order valence-corrected chi connectivity index (χ4v) is 4.01. The van der Waals surface area contributed by atoms with Gasteiger partial charge in [0.1, 0.15) is 0 Å². The highest BCUT2D eigenvalue weighted by Crippen LogP contribution is 2.39. The molecule has 0 atom stereocenters. The van der Waals surface area contributed by atoms with Crippen LogP contribution in [0.4, 0.5) is 11.4 Å². The summed E-state index contributed by atoms with van der Waals surface area (Å²) in [6, 6.07) is 23.1. The lowest BCUT2D eigenvalue weighted by atomic mass is 10.2. The summed E-state index contributed by atoms with van der Waals surface area (Å²) in [6.07, 6.45) is 0. The molecule has 0 aliphatic heterocycles. The van der Waals surface area contributed by atoms with Crippen molar-refractivity contribution in [3.05, 3.63) is 84.4 Å². The fourth-order valence-electron chi connectivity index (χ4n) is 3.29. The zero-order valence-electron chi connectivity index (χ0n) is 16.7. The summed E-state index contributed by atoms with van der Waals surface area (Å²) in [6.45, 7) is 0.464. The minimum Gasteiger partial charge on any atom is -0.493 e. The summed E-state index contributed by atoms with van der Waals surface area (Å²) in [5.41, 5.74) is 2.52. The molecule has 4 rings (SSSR count). The number of aromatic nitrogens is 1. The summed E-state index contributed by atoms with van der Waals surface area (Å²) >= 11 is 5.21. The first-order valence-corrected chi connectivity index (χ1v) is 11.5. The smallest absolute Gasteiger partial charge is 0.238 e. The topological polar surface area (TPSA) is 122 Å². The molecule has 0 aliphatic rings. The lowest BCUT2D eigenvalue weighted by Gasteiger charge is -2.07. The molecule has 1 heterocycles. The van der Waals surface area contributed by atoms with Crippen molar-refractivity contribution in [1.29, 1.82) is 0 Å². The quantitative estimate of drug-likeness (QED) is 0.295. The summed E-state index contributed by atoms with van der Waals surface area (Å²) in [5.74, 6) is -0.0298. The summed E-state index contributed by atoms with van der Waals surface area (Å²) in [4.78, 5) is -0.0520. The second-order valence-corrected chi connectivity index (χ2v) is 8.91. The van der Waals surface area contributed by atoms with Crippen molar-refractivity contribution in [2.45, 2.75) is 11.4 Å². The number of hydrogen-bond acceptors (Lipinski definition) is 5. The van der Waals surface area contributed by atoms with E-state index in [1.807, 2.05) is 54.6 Å². The number of rotatable bonds is 5. The van der Waals surface area contributed by atoms with Crippen LogP contribution in [-0.4, -0.2) is 23.2 Å². The number of hydrogen-bond donors (Lipinski definition) is 3. The van der Waals surface area contributed by atoms with Crippen LogP contribution in [0, 0.1) is 0 Å². The van der Waals surface area contributed by atoms with Crippen LogP contribution in [0.5, 0.6) is 5.88 Å². The predicted octanol–water partition coefficient (Wildman–Crippen LogP) is 4.52. The molecule has 0 aliphatic carbocycles. The van der Waals surface area contributed by atoms with Crippen molar-refractivity contribution < 1.29 is 13.5 Å². The molecule has 0 fully saturated rings. The minimum atomic E-state index is -3.84. The largest absolute Gasteiger partial charge is 0.493 e. The Bertz CT molecular complexity index is 1430. The summed E-state index contributed by atoms with van der Waals surface area (Å²) < 4.78 is 24.8. The van der Waals surface area contributed by atoms with Crippen LogP contribution >= 0.6 is 12.2 Å². The van der Waals surface area contributed by atoms with E-state index in [9.17, 15) is 13.5 Å². The van der Waals surface area contributed by atoms with Crippen molar-refractivity contribution in [3.63, 3.8) is 0 Å². The molecule has 8 nitrogen and oxygen atoms in total. The van der Waals surface area contributed by atoms with Crippen LogP contribution in [0.15, 0.2) is 94.0 Å². The van der Waals surface area contributed by atoms with E-state index >= 15 is 0 Å². The van der Waals surface area contributed by atoms with Crippen LogP contribution in [-0.2, 0) is 16.6 Å². The van der Waals surface area contributed by atoms with Gasteiger partial charge in [0.25, 0.3) is 0 Å². The predicted molar refractivity (Wildman–Crippen MR) is 128 cm³/mol. The lowest BCUT2D eigenvalue weighted by molar-refractivity contribution is 0.429. The summed E-state index contributed by atoms with van der Waals surface area (Å²) in [7, 11) is -3.84. The summed E-state index contributed by atoms with van der Waals surface area (Å²) in [5, 5.41) is 27.7. The SMILES string of the molecule is NS(=O)(=O)c1cccc(NC(=S)N=Nc2c(O)n(Cc3ccccc3)c3ccccc23)c1. The average molecular weight is 466 g/mol. The Balaban J connectivity index is 1.62. The highest BCUT2D eigenvalue weighted by atomic mass is 32.2. The molecule has 0 spiro atoms. The third kappa shape index (κ3) is 4.67. The van der Waals surface area contributed by atoms with Gasteiger partial charge in [-0.2, -0.15) is 0 Å². The maximum atomic E-state index is 11.5. The van der Waals surface area contributed by atoms with Crippen LogP contribution < -0.4 is 10.5 Å². The number of sulfonamides is 1. The van der Waals surface area contributed by atoms with Gasteiger partial charge in [-0.05, 0) is 42.0 Å². The third-order valence-corrected chi connectivity index (χ3v) is 5.85. The maximum absolute atomic E-state index is 11.5. The van der Waals surface area contributed by atoms with E-state index in [-0.39, 0.29) is 15.9 Å². The van der Waals surface area contributed by atoms with Crippen LogP contribution in [0.1, 0.15) is 5.56 Å². The van der Waals surface area contributed by atoms with Crippen molar-refractivity contribution in [3.8, 4) is 5.88 Å². The zero-order valence-corrected chi connectivity index (χ0v) is 18.3. The monoisotopic (exact) mass is 465 g/mol. The van der Waals surface area contributed by atoms with Gasteiger partial charge in [0.2, 0.25) is 21.0 Å². The fraction of sp³-hybridized carbons (Fsp3) is 0.0455. The number of benzene rings is 3. The highest BCUT2D eigenvalue weighted by molar-refractivity contribution is 7.89. The molecule has 1 aromatic heterocycles. The van der Waals surface area contributed by atoms with E-state index in [0.717, 1.165) is 16.5 Å². The van der Waals surface area contributed by atoms with Crippen molar-refractivity contribution >= 4 is 49.6 Å². The number of nitrogens with one attached hydrogen (secondary N) is 1. The molecule has 0 unspecified atom stereocenters. The van der Waals surface area contributed by atoms with Crippen LogP contribution in [0.3, 0.4) is 0 Å². The molecule has 162 valence electrons. The molecule has 10 heteroatoms. The van der Waals surface area contributed by atoms with Gasteiger partial charge in [-0.1, -0.05) is 54.6 Å². The molecule has 4 aromatic rings. The van der Waals surface area contributed by atoms with E-state index < -0.39 is 10.0 Å². The Hall–Kier alpha value is -3.60. The first-order chi connectivity index (χ1) is 15.3. The van der Waals surface area contributed by atoms with Gasteiger partial charge in [0.15, 0.2) is 5.69 Å². The van der Waals surface area contributed by atoms with E-state index in [1.54, 1.807) is 10.6 Å². The second-order valence-electron chi connectivity index (χ2n) is 6.96. The number of nitrogens with two attached hydrogens (primary N) is 1. The molecule has 3 aromatic carbocycles. The Labute approximate surface area is 190 Å². The zero-order chi connectivity index (χ0) is 22.7. The maximum Gasteiger partial charge on any atom is 0.238 e. The van der Waals surface area contributed by atoms with E-state index in [2.05, 4.69) is 15.5 Å². The Kier molecular flexibility index (Phi) is 5.99. The molecule has 0 saturated heterocycles. The van der Waals surface area contributed by atoms with Gasteiger partial charge < -0.3 is 15.0 Å². The minimum absolute atomic E-state index is 0.00383. The second kappa shape index (κ2) is 8.87. The first kappa shape index (κ1) is 21.6. The van der Waals surface area contributed by atoms with E-state index in [0.29, 0.717) is 17.9 Å². The van der Waals surface area contributed by atoms with Gasteiger partial charge >= 0.3 is 0 Å². The molecule has 0 radical (unpaired) electrons. The number of thiocarbonyl (C=S) groups is 1. The standard InChI is InChI=1S/C22H19N5O3S2/c23-32(29,30)17-10-6-9-16(13-17)24-22(31)26-25-20-18-11-4-5-12-19(18)27(21(20)28)14-15-7-2-1-3-8-15/h1-13,28H,14H2,(H,24,31)(H2,23,29,30). The number of anilines is 1. The molecule has 0 amide bonds. The van der Waals surface area contributed by atoms with Gasteiger partial charge in [0.05, 0.1) is 17.0 Å². The Morgan fingerprint density at radius 3 is 2.50 bits per heavy atom.